The summed E-state index contributed by atoms with van der Waals surface area (Å²) in [6.45, 7) is 9.65. The molecule has 0 saturated carbocycles. The maximum atomic E-state index is 13.1. The number of carbonyl (C=O) groups excluding carboxylic acids is 4. The smallest absolute Gasteiger partial charge is 0.462 e. The first kappa shape index (κ1) is 96.1. The fraction of sp³-hybridized carbons (Fsp3) is 0.949. The Hall–Kier alpha value is -1.94. The molecular formula is C79H154O17P2. The quantitative estimate of drug-likeness (QED) is 0.0222. The highest BCUT2D eigenvalue weighted by Crippen LogP contribution is 2.45. The van der Waals surface area contributed by atoms with Gasteiger partial charge < -0.3 is 33.8 Å². The van der Waals surface area contributed by atoms with Crippen molar-refractivity contribution in [2.45, 2.75) is 432 Å². The van der Waals surface area contributed by atoms with Gasteiger partial charge in [-0.05, 0) is 37.5 Å². The van der Waals surface area contributed by atoms with E-state index in [0.717, 1.165) is 102 Å². The van der Waals surface area contributed by atoms with E-state index in [9.17, 15) is 43.2 Å². The largest absolute Gasteiger partial charge is 0.472 e. The summed E-state index contributed by atoms with van der Waals surface area (Å²) >= 11 is 0. The van der Waals surface area contributed by atoms with Gasteiger partial charge in [-0.25, -0.2) is 9.13 Å². The van der Waals surface area contributed by atoms with E-state index in [1.54, 1.807) is 0 Å². The van der Waals surface area contributed by atoms with Crippen LogP contribution in [0.1, 0.15) is 414 Å². The lowest BCUT2D eigenvalue weighted by atomic mass is 9.99. The molecule has 0 aliphatic rings. The number of rotatable bonds is 78. The van der Waals surface area contributed by atoms with Crippen molar-refractivity contribution in [1.29, 1.82) is 0 Å². The molecule has 0 aliphatic carbocycles. The van der Waals surface area contributed by atoms with Crippen molar-refractivity contribution < 1.29 is 80.2 Å². The Morgan fingerprint density at radius 1 is 0.296 bits per heavy atom. The number of aliphatic hydroxyl groups excluding tert-OH is 1. The number of ether oxygens (including phenoxy) is 4. The highest BCUT2D eigenvalue weighted by molar-refractivity contribution is 7.47. The molecule has 0 rings (SSSR count). The Balaban J connectivity index is 5.25. The van der Waals surface area contributed by atoms with Gasteiger partial charge in [0.2, 0.25) is 0 Å². The number of esters is 4. The molecular weight excluding hydrogens is 1280 g/mol. The summed E-state index contributed by atoms with van der Waals surface area (Å²) in [6.07, 6.45) is 59.5. The molecule has 582 valence electrons. The molecule has 0 aromatic heterocycles. The Morgan fingerprint density at radius 2 is 0.520 bits per heavy atom. The van der Waals surface area contributed by atoms with Gasteiger partial charge in [-0.1, -0.05) is 363 Å². The van der Waals surface area contributed by atoms with Gasteiger partial charge in [0.25, 0.3) is 0 Å². The van der Waals surface area contributed by atoms with Crippen LogP contribution in [-0.2, 0) is 65.4 Å². The summed E-state index contributed by atoms with van der Waals surface area (Å²) in [6, 6.07) is 0. The van der Waals surface area contributed by atoms with Crippen LogP contribution in [0.5, 0.6) is 0 Å². The minimum Gasteiger partial charge on any atom is -0.462 e. The molecule has 17 nitrogen and oxygen atoms in total. The average Bonchev–Trinajstić information content (AvgIpc) is 0.946. The summed E-state index contributed by atoms with van der Waals surface area (Å²) < 4.78 is 68.7. The predicted molar refractivity (Wildman–Crippen MR) is 400 cm³/mol. The lowest BCUT2D eigenvalue weighted by molar-refractivity contribution is -0.161. The molecule has 0 aliphatic heterocycles. The van der Waals surface area contributed by atoms with Crippen LogP contribution < -0.4 is 0 Å². The van der Waals surface area contributed by atoms with Crippen LogP contribution in [0.3, 0.4) is 0 Å². The number of carbonyl (C=O) groups is 4. The van der Waals surface area contributed by atoms with Crippen molar-refractivity contribution in [2.75, 3.05) is 39.6 Å². The number of hydrogen-bond acceptors (Lipinski definition) is 15. The molecule has 0 amide bonds. The second kappa shape index (κ2) is 70.7. The van der Waals surface area contributed by atoms with E-state index in [4.69, 9.17) is 37.0 Å². The van der Waals surface area contributed by atoms with Crippen molar-refractivity contribution in [2.24, 2.45) is 11.8 Å². The highest BCUT2D eigenvalue weighted by Gasteiger charge is 2.30. The third-order valence-corrected chi connectivity index (χ3v) is 20.7. The van der Waals surface area contributed by atoms with Gasteiger partial charge in [0, 0.05) is 25.7 Å². The first-order valence-electron chi connectivity index (χ1n) is 41.0. The van der Waals surface area contributed by atoms with Gasteiger partial charge in [-0.2, -0.15) is 0 Å². The molecule has 0 bridgehead atoms. The Kier molecular flexibility index (Phi) is 69.3. The molecule has 98 heavy (non-hydrogen) atoms. The van der Waals surface area contributed by atoms with Crippen LogP contribution in [0.25, 0.3) is 0 Å². The molecule has 0 fully saturated rings. The normalized spacial score (nSPS) is 14.2. The molecule has 0 aromatic carbocycles. The van der Waals surface area contributed by atoms with E-state index in [2.05, 4.69) is 41.5 Å². The Morgan fingerprint density at radius 3 is 0.776 bits per heavy atom. The van der Waals surface area contributed by atoms with E-state index in [1.807, 2.05) is 0 Å². The topological polar surface area (TPSA) is 237 Å². The zero-order chi connectivity index (χ0) is 72.1. The summed E-state index contributed by atoms with van der Waals surface area (Å²) in [5.74, 6) is -0.536. The van der Waals surface area contributed by atoms with Crippen LogP contribution >= 0.6 is 15.6 Å². The van der Waals surface area contributed by atoms with Gasteiger partial charge >= 0.3 is 39.5 Å². The molecule has 0 radical (unpaired) electrons. The summed E-state index contributed by atoms with van der Waals surface area (Å²) in [4.78, 5) is 73.0. The van der Waals surface area contributed by atoms with Gasteiger partial charge in [-0.15, -0.1) is 0 Å². The van der Waals surface area contributed by atoms with E-state index < -0.39 is 97.5 Å². The van der Waals surface area contributed by atoms with E-state index in [0.29, 0.717) is 25.7 Å². The first-order valence-corrected chi connectivity index (χ1v) is 44.0. The van der Waals surface area contributed by atoms with E-state index >= 15 is 0 Å². The Labute approximate surface area is 600 Å². The third kappa shape index (κ3) is 71.1. The van der Waals surface area contributed by atoms with E-state index in [-0.39, 0.29) is 25.7 Å². The van der Waals surface area contributed by atoms with Gasteiger partial charge in [0.15, 0.2) is 12.2 Å². The molecule has 0 saturated heterocycles. The van der Waals surface area contributed by atoms with Crippen molar-refractivity contribution in [3.8, 4) is 0 Å². The van der Waals surface area contributed by atoms with Crippen LogP contribution in [0, 0.1) is 11.8 Å². The Bertz CT molecular complexity index is 1890. The zero-order valence-electron chi connectivity index (χ0n) is 64.1. The fourth-order valence-electron chi connectivity index (χ4n) is 12.2. The second-order valence-electron chi connectivity index (χ2n) is 29.2. The third-order valence-electron chi connectivity index (χ3n) is 18.8. The van der Waals surface area contributed by atoms with Gasteiger partial charge in [0.1, 0.15) is 19.3 Å². The number of phosphoric ester groups is 2. The average molecular weight is 1440 g/mol. The summed E-state index contributed by atoms with van der Waals surface area (Å²) in [5, 5.41) is 10.6. The molecule has 3 unspecified atom stereocenters. The molecule has 0 spiro atoms. The highest BCUT2D eigenvalue weighted by atomic mass is 31.2. The summed E-state index contributed by atoms with van der Waals surface area (Å²) in [5.41, 5.74) is 0. The van der Waals surface area contributed by atoms with Crippen LogP contribution in [0.4, 0.5) is 0 Å². The molecule has 6 atom stereocenters. The van der Waals surface area contributed by atoms with Crippen molar-refractivity contribution >= 4 is 39.5 Å². The van der Waals surface area contributed by atoms with Gasteiger partial charge in [-0.3, -0.25) is 37.3 Å². The standard InChI is InChI=1S/C79H154O17P2/c1-7-10-12-14-16-18-20-21-22-23-24-25-26-27-31-39-45-51-57-63-78(83)95-74(68-90-77(82)62-56-50-44-38-32-28-30-35-41-47-53-59-71(4)5)69-93-97(85,86)91-65-73(80)66-92-98(87,88)94-70-75(67-89-76(81)61-55-49-43-37-29-19-17-15-13-11-8-2)96-79(84)64-58-52-46-40-34-33-36-42-48-54-60-72(6)9-3/h71-75,80H,7-70H2,1-6H3,(H,85,86)(H,87,88)/t72?,73-,74-,75-/m1/s1. The summed E-state index contributed by atoms with van der Waals surface area (Å²) in [7, 11) is -9.92. The van der Waals surface area contributed by atoms with Crippen LogP contribution in [0.2, 0.25) is 0 Å². The lowest BCUT2D eigenvalue weighted by Gasteiger charge is -2.21. The number of phosphoric acid groups is 2. The lowest BCUT2D eigenvalue weighted by Crippen LogP contribution is -2.30. The van der Waals surface area contributed by atoms with Crippen LogP contribution in [-0.4, -0.2) is 96.7 Å². The zero-order valence-corrected chi connectivity index (χ0v) is 65.9. The predicted octanol–water partition coefficient (Wildman–Crippen LogP) is 23.5. The second-order valence-corrected chi connectivity index (χ2v) is 32.1. The van der Waals surface area contributed by atoms with Crippen molar-refractivity contribution in [3.63, 3.8) is 0 Å². The molecule has 0 aromatic rings. The minimum atomic E-state index is -4.96. The minimum absolute atomic E-state index is 0.107. The van der Waals surface area contributed by atoms with E-state index in [1.165, 1.54) is 231 Å². The SMILES string of the molecule is CCCCCCCCCCCCCCCCCCCCCC(=O)O[C@H](COC(=O)CCCCCCCCCCCCCC(C)C)COP(=O)(O)OC[C@@H](O)COP(=O)(O)OC[C@@H](COC(=O)CCCCCCCCCCCCC)OC(=O)CCCCCCCCCCCCC(C)CC. The molecule has 3 N–H and O–H groups in total. The van der Waals surface area contributed by atoms with Crippen molar-refractivity contribution in [1.82, 2.24) is 0 Å². The first-order chi connectivity index (χ1) is 47.4. The number of aliphatic hydroxyl groups is 1. The maximum absolute atomic E-state index is 13.1. The van der Waals surface area contributed by atoms with Gasteiger partial charge in [0.05, 0.1) is 26.4 Å². The van der Waals surface area contributed by atoms with Crippen molar-refractivity contribution in [3.05, 3.63) is 0 Å². The maximum Gasteiger partial charge on any atom is 0.472 e. The number of unbranched alkanes of at least 4 members (excludes halogenated alkanes) is 47. The van der Waals surface area contributed by atoms with Crippen LogP contribution in [0.15, 0.2) is 0 Å². The fourth-order valence-corrected chi connectivity index (χ4v) is 13.7. The number of hydrogen-bond donors (Lipinski definition) is 3. The monoisotopic (exact) mass is 1440 g/mol. The molecule has 0 heterocycles. The molecule has 19 heteroatoms.